The molecule has 11 heavy (non-hydrogen) atoms. The molecule has 0 aliphatic rings. The largest absolute Gasteiger partial charge is 0.505 e. The van der Waals surface area contributed by atoms with Gasteiger partial charge in [-0.2, -0.15) is 0 Å². The van der Waals surface area contributed by atoms with E-state index in [9.17, 15) is 4.79 Å². The van der Waals surface area contributed by atoms with Gasteiger partial charge in [0.25, 0.3) is 0 Å². The van der Waals surface area contributed by atoms with Crippen LogP contribution in [-0.2, 0) is 9.53 Å². The van der Waals surface area contributed by atoms with Crippen LogP contribution in [0.5, 0.6) is 0 Å². The number of hydrogen-bond donors (Lipinski definition) is 0. The molecule has 0 aromatic heterocycles. The number of carbonyl (C=O) groups is 1. The first-order valence-electron chi connectivity index (χ1n) is 3.85. The lowest BCUT2D eigenvalue weighted by atomic mass is 10.0. The maximum absolute atomic E-state index is 10.6. The molecule has 0 aliphatic carbocycles. The molecule has 0 saturated carbocycles. The van der Waals surface area contributed by atoms with E-state index in [-0.39, 0.29) is 5.78 Å². The van der Waals surface area contributed by atoms with Gasteiger partial charge < -0.3 is 9.53 Å². The van der Waals surface area contributed by atoms with E-state index in [4.69, 9.17) is 4.74 Å². The minimum atomic E-state index is 0.252. The van der Waals surface area contributed by atoms with Crippen molar-refractivity contribution in [3.8, 4) is 0 Å². The number of allylic oxidation sites excluding steroid dienone is 1. The van der Waals surface area contributed by atoms with Crippen LogP contribution in [0.2, 0.25) is 0 Å². The second kappa shape index (κ2) is 5.96. The Morgan fingerprint density at radius 1 is 1.64 bits per heavy atom. The molecule has 2 heteroatoms. The molecule has 0 spiro atoms. The van der Waals surface area contributed by atoms with Gasteiger partial charge in [-0.3, -0.25) is 0 Å². The fraction of sp³-hybridized carbons (Fsp3) is 0.667. The maximum Gasteiger partial charge on any atom is 0.129 e. The fourth-order valence-electron chi connectivity index (χ4n) is 0.740. The average Bonchev–Trinajstić information content (AvgIpc) is 1.97. The van der Waals surface area contributed by atoms with Crippen LogP contribution in [0, 0.1) is 5.92 Å². The van der Waals surface area contributed by atoms with Crippen molar-refractivity contribution >= 4 is 5.78 Å². The maximum atomic E-state index is 10.6. The van der Waals surface area contributed by atoms with Crippen molar-refractivity contribution in [1.82, 2.24) is 0 Å². The van der Waals surface area contributed by atoms with Gasteiger partial charge in [0, 0.05) is 6.42 Å². The molecule has 0 aromatic rings. The first kappa shape index (κ1) is 10.2. The normalized spacial score (nSPS) is 13.4. The second-order valence-electron chi connectivity index (χ2n) is 2.78. The molecule has 64 valence electrons. The van der Waals surface area contributed by atoms with E-state index in [1.165, 1.54) is 0 Å². The zero-order chi connectivity index (χ0) is 8.69. The van der Waals surface area contributed by atoms with Crippen molar-refractivity contribution in [3.05, 3.63) is 12.3 Å². The lowest BCUT2D eigenvalue weighted by molar-refractivity contribution is -0.117. The molecule has 0 fully saturated rings. The predicted molar refractivity (Wildman–Crippen MR) is 45.2 cm³/mol. The second-order valence-corrected chi connectivity index (χ2v) is 2.78. The van der Waals surface area contributed by atoms with E-state index in [1.807, 2.05) is 6.08 Å². The number of Topliss-reactive ketones (excluding diaryl/α,β-unsaturated/α-hetero) is 1. The Kier molecular flexibility index (Phi) is 5.53. The van der Waals surface area contributed by atoms with E-state index in [2.05, 4.69) is 6.92 Å². The monoisotopic (exact) mass is 156 g/mol. The summed E-state index contributed by atoms with van der Waals surface area (Å²) in [6.07, 6.45) is 5.19. The van der Waals surface area contributed by atoms with Crippen LogP contribution in [-0.4, -0.2) is 12.9 Å². The average molecular weight is 156 g/mol. The van der Waals surface area contributed by atoms with Crippen molar-refractivity contribution in [2.75, 3.05) is 7.11 Å². The molecular formula is C9H16O2. The van der Waals surface area contributed by atoms with E-state index in [1.54, 1.807) is 20.3 Å². The van der Waals surface area contributed by atoms with E-state index >= 15 is 0 Å². The van der Waals surface area contributed by atoms with Crippen LogP contribution in [0.4, 0.5) is 0 Å². The van der Waals surface area contributed by atoms with Gasteiger partial charge in [-0.1, -0.05) is 6.92 Å². The van der Waals surface area contributed by atoms with Gasteiger partial charge in [0.2, 0.25) is 0 Å². The highest BCUT2D eigenvalue weighted by Crippen LogP contribution is 2.06. The van der Waals surface area contributed by atoms with Crippen LogP contribution in [0.25, 0.3) is 0 Å². The quantitative estimate of drug-likeness (QED) is 0.570. The van der Waals surface area contributed by atoms with E-state index < -0.39 is 0 Å². The van der Waals surface area contributed by atoms with Crippen molar-refractivity contribution in [3.63, 3.8) is 0 Å². The predicted octanol–water partition coefficient (Wildman–Crippen LogP) is 2.15. The molecule has 0 aromatic carbocycles. The van der Waals surface area contributed by atoms with Gasteiger partial charge >= 0.3 is 0 Å². The summed E-state index contributed by atoms with van der Waals surface area (Å²) in [5, 5.41) is 0. The number of hydrogen-bond acceptors (Lipinski definition) is 2. The van der Waals surface area contributed by atoms with Gasteiger partial charge in [-0.15, -0.1) is 0 Å². The lowest BCUT2D eigenvalue weighted by Crippen LogP contribution is -1.95. The summed E-state index contributed by atoms with van der Waals surface area (Å²) < 4.78 is 4.75. The lowest BCUT2D eigenvalue weighted by Gasteiger charge is -2.02. The summed E-state index contributed by atoms with van der Waals surface area (Å²) >= 11 is 0. The summed E-state index contributed by atoms with van der Waals surface area (Å²) in [7, 11) is 1.62. The summed E-state index contributed by atoms with van der Waals surface area (Å²) in [5.41, 5.74) is 0. The highest BCUT2D eigenvalue weighted by Gasteiger charge is 1.98. The molecule has 0 radical (unpaired) electrons. The molecule has 1 unspecified atom stereocenters. The van der Waals surface area contributed by atoms with Gasteiger partial charge in [0.1, 0.15) is 5.78 Å². The van der Waals surface area contributed by atoms with Crippen molar-refractivity contribution in [2.45, 2.75) is 26.7 Å². The van der Waals surface area contributed by atoms with E-state index in [0.717, 1.165) is 6.42 Å². The van der Waals surface area contributed by atoms with Crippen LogP contribution in [0.15, 0.2) is 12.3 Å². The van der Waals surface area contributed by atoms with Crippen molar-refractivity contribution < 1.29 is 9.53 Å². The summed E-state index contributed by atoms with van der Waals surface area (Å²) in [4.78, 5) is 10.6. The Balaban J connectivity index is 3.44. The van der Waals surface area contributed by atoms with Crippen molar-refractivity contribution in [1.29, 1.82) is 0 Å². The third kappa shape index (κ3) is 7.10. The fourth-order valence-corrected chi connectivity index (χ4v) is 0.740. The standard InChI is InChI=1S/C9H16O2/c1-8(6-7-11-3)4-5-9(2)10/h6-8H,4-5H2,1-3H3/b7-6-. The molecule has 0 aliphatic heterocycles. The molecule has 0 bridgehead atoms. The Morgan fingerprint density at radius 2 is 2.27 bits per heavy atom. The minimum absolute atomic E-state index is 0.252. The number of methoxy groups -OCH3 is 1. The van der Waals surface area contributed by atoms with Crippen LogP contribution >= 0.6 is 0 Å². The van der Waals surface area contributed by atoms with Crippen LogP contribution < -0.4 is 0 Å². The third-order valence-electron chi connectivity index (χ3n) is 1.49. The van der Waals surface area contributed by atoms with E-state index in [0.29, 0.717) is 12.3 Å². The number of ether oxygens (including phenoxy) is 1. The smallest absolute Gasteiger partial charge is 0.129 e. The molecule has 0 heterocycles. The summed E-state index contributed by atoms with van der Waals surface area (Å²) in [5.74, 6) is 0.682. The zero-order valence-corrected chi connectivity index (χ0v) is 7.46. The Bertz CT molecular complexity index is 138. The highest BCUT2D eigenvalue weighted by atomic mass is 16.5. The van der Waals surface area contributed by atoms with Gasteiger partial charge in [-0.05, 0) is 25.3 Å². The van der Waals surface area contributed by atoms with Gasteiger partial charge in [0.05, 0.1) is 13.4 Å². The Hall–Kier alpha value is -0.790. The third-order valence-corrected chi connectivity index (χ3v) is 1.49. The molecule has 1 atom stereocenters. The van der Waals surface area contributed by atoms with Crippen LogP contribution in [0.3, 0.4) is 0 Å². The topological polar surface area (TPSA) is 26.3 Å². The first-order chi connectivity index (χ1) is 5.16. The molecule has 0 saturated heterocycles. The van der Waals surface area contributed by atoms with Gasteiger partial charge in [0.15, 0.2) is 0 Å². The molecule has 2 nitrogen and oxygen atoms in total. The highest BCUT2D eigenvalue weighted by molar-refractivity contribution is 5.75. The molecule has 0 amide bonds. The minimum Gasteiger partial charge on any atom is -0.505 e. The number of carbonyl (C=O) groups excluding carboxylic acids is 1. The summed E-state index contributed by atoms with van der Waals surface area (Å²) in [6.45, 7) is 3.69. The SMILES string of the molecule is CO/C=C\C(C)CCC(C)=O. The van der Waals surface area contributed by atoms with Crippen molar-refractivity contribution in [2.24, 2.45) is 5.92 Å². The Labute approximate surface area is 68.2 Å². The molecular weight excluding hydrogens is 140 g/mol. The molecule has 0 rings (SSSR count). The number of rotatable bonds is 5. The van der Waals surface area contributed by atoms with Gasteiger partial charge in [-0.25, -0.2) is 0 Å². The number of ketones is 1. The van der Waals surface area contributed by atoms with Crippen LogP contribution in [0.1, 0.15) is 26.7 Å². The Morgan fingerprint density at radius 3 is 2.73 bits per heavy atom. The first-order valence-corrected chi connectivity index (χ1v) is 3.85. The summed E-state index contributed by atoms with van der Waals surface area (Å²) in [6, 6.07) is 0. The zero-order valence-electron chi connectivity index (χ0n) is 7.46. The molecule has 0 N–H and O–H groups in total.